The number of hydrogen-bond acceptors (Lipinski definition) is 5. The maximum absolute atomic E-state index is 12.8. The Morgan fingerprint density at radius 1 is 0.909 bits per heavy atom. The van der Waals surface area contributed by atoms with E-state index in [9.17, 15) is 9.59 Å². The lowest BCUT2D eigenvalue weighted by Gasteiger charge is -2.20. The van der Waals surface area contributed by atoms with Crippen LogP contribution in [0.15, 0.2) is 72.8 Å². The Labute approximate surface area is 193 Å². The number of anilines is 1. The number of amides is 2. The number of para-hydroxylation sites is 1. The topological polar surface area (TPSA) is 79.9 Å². The van der Waals surface area contributed by atoms with Crippen molar-refractivity contribution in [3.05, 3.63) is 89.5 Å². The van der Waals surface area contributed by atoms with Gasteiger partial charge in [-0.1, -0.05) is 55.5 Å². The lowest BCUT2D eigenvalue weighted by molar-refractivity contribution is -0.117. The molecule has 0 radical (unpaired) electrons. The fourth-order valence-corrected chi connectivity index (χ4v) is 3.63. The fourth-order valence-electron chi connectivity index (χ4n) is 3.63. The van der Waals surface area contributed by atoms with E-state index in [1.165, 1.54) is 0 Å². The number of hydrogen-bond donors (Lipinski definition) is 2. The Balaban J connectivity index is 1.36. The molecule has 3 aromatic rings. The summed E-state index contributed by atoms with van der Waals surface area (Å²) < 4.78 is 10.8. The Bertz CT molecular complexity index is 1120. The van der Waals surface area contributed by atoms with Crippen LogP contribution in [0.4, 0.5) is 5.69 Å². The fraction of sp³-hybridized carbons (Fsp3) is 0.231. The molecule has 1 heterocycles. The highest BCUT2D eigenvalue weighted by Gasteiger charge is 2.17. The lowest BCUT2D eigenvalue weighted by Crippen LogP contribution is -2.33. The van der Waals surface area contributed by atoms with Gasteiger partial charge in [0.1, 0.15) is 0 Å². The lowest BCUT2D eigenvalue weighted by atomic mass is 10.1. The normalized spacial score (nSPS) is 11.9. The molecule has 3 aromatic carbocycles. The molecular weight excluding hydrogens is 418 g/mol. The molecule has 7 nitrogen and oxygen atoms in total. The van der Waals surface area contributed by atoms with Crippen LogP contribution in [0.1, 0.15) is 28.4 Å². The predicted octanol–water partition coefficient (Wildman–Crippen LogP) is 3.81. The third kappa shape index (κ3) is 5.90. The molecular formula is C26H27N3O4. The van der Waals surface area contributed by atoms with Crippen molar-refractivity contribution in [3.63, 3.8) is 0 Å². The molecule has 0 fully saturated rings. The molecule has 170 valence electrons. The molecule has 1 aliphatic rings. The first kappa shape index (κ1) is 22.4. The summed E-state index contributed by atoms with van der Waals surface area (Å²) in [4.78, 5) is 27.5. The van der Waals surface area contributed by atoms with Gasteiger partial charge in [0, 0.05) is 13.1 Å². The van der Waals surface area contributed by atoms with Gasteiger partial charge in [-0.3, -0.25) is 14.5 Å². The maximum atomic E-state index is 12.8. The number of nitrogens with zero attached hydrogens (tertiary/aromatic N) is 1. The zero-order valence-corrected chi connectivity index (χ0v) is 18.5. The molecule has 2 N–H and O–H groups in total. The zero-order valence-electron chi connectivity index (χ0n) is 18.5. The van der Waals surface area contributed by atoms with Gasteiger partial charge in [-0.05, 0) is 41.9 Å². The van der Waals surface area contributed by atoms with Crippen molar-refractivity contribution in [1.29, 1.82) is 0 Å². The van der Waals surface area contributed by atoms with E-state index in [4.69, 9.17) is 9.47 Å². The molecule has 0 spiro atoms. The molecule has 0 aromatic heterocycles. The van der Waals surface area contributed by atoms with E-state index in [0.29, 0.717) is 30.9 Å². The van der Waals surface area contributed by atoms with E-state index in [1.807, 2.05) is 60.4 Å². The molecule has 1 aliphatic heterocycles. The van der Waals surface area contributed by atoms with Gasteiger partial charge in [-0.2, -0.15) is 0 Å². The number of likely N-dealkylation sites (N-methyl/N-ethyl adjacent to an activating group) is 1. The van der Waals surface area contributed by atoms with Crippen LogP contribution in [-0.2, 0) is 17.9 Å². The minimum absolute atomic E-state index is 0.180. The summed E-state index contributed by atoms with van der Waals surface area (Å²) in [6.07, 6.45) is 0. The quantitative estimate of drug-likeness (QED) is 0.524. The predicted molar refractivity (Wildman–Crippen MR) is 126 cm³/mol. The average Bonchev–Trinajstić information content (AvgIpc) is 3.31. The number of carbonyl (C=O) groups excluding carboxylic acids is 2. The van der Waals surface area contributed by atoms with Crippen molar-refractivity contribution in [2.24, 2.45) is 0 Å². The van der Waals surface area contributed by atoms with Gasteiger partial charge < -0.3 is 20.1 Å². The van der Waals surface area contributed by atoms with E-state index >= 15 is 0 Å². The second kappa shape index (κ2) is 10.7. The van der Waals surface area contributed by atoms with Crippen LogP contribution >= 0.6 is 0 Å². The van der Waals surface area contributed by atoms with E-state index < -0.39 is 0 Å². The van der Waals surface area contributed by atoms with Crippen molar-refractivity contribution in [1.82, 2.24) is 10.2 Å². The van der Waals surface area contributed by atoms with Crippen molar-refractivity contribution < 1.29 is 19.1 Å². The van der Waals surface area contributed by atoms with Crippen molar-refractivity contribution in [2.75, 3.05) is 25.2 Å². The molecule has 0 aliphatic carbocycles. The third-order valence-corrected chi connectivity index (χ3v) is 5.40. The summed E-state index contributed by atoms with van der Waals surface area (Å²) in [5.41, 5.74) is 2.97. The highest BCUT2D eigenvalue weighted by molar-refractivity contribution is 6.04. The number of nitrogens with one attached hydrogen (secondary N) is 2. The molecule has 0 bridgehead atoms. The Morgan fingerprint density at radius 2 is 1.67 bits per heavy atom. The second-order valence-electron chi connectivity index (χ2n) is 7.75. The van der Waals surface area contributed by atoms with Gasteiger partial charge in [-0.15, -0.1) is 0 Å². The van der Waals surface area contributed by atoms with E-state index in [1.54, 1.807) is 24.3 Å². The van der Waals surface area contributed by atoms with Gasteiger partial charge in [0.2, 0.25) is 12.7 Å². The van der Waals surface area contributed by atoms with Crippen LogP contribution in [0.25, 0.3) is 0 Å². The molecule has 0 saturated heterocycles. The summed E-state index contributed by atoms with van der Waals surface area (Å²) in [6.45, 7) is 4.15. The van der Waals surface area contributed by atoms with Crippen LogP contribution in [0.5, 0.6) is 11.5 Å². The first-order chi connectivity index (χ1) is 16.1. The standard InChI is InChI=1S/C26H27N3O4/c1-2-29(16-20-12-13-23-24(14-20)33-18-32-23)17-25(30)28-22-11-7-6-10-21(22)26(31)27-15-19-8-4-3-5-9-19/h3-14H,2,15-18H2,1H3,(H,27,31)(H,28,30). The van der Waals surface area contributed by atoms with E-state index in [0.717, 1.165) is 22.6 Å². The number of fused-ring (bicyclic) bond motifs is 1. The van der Waals surface area contributed by atoms with E-state index in [2.05, 4.69) is 10.6 Å². The smallest absolute Gasteiger partial charge is 0.253 e. The number of benzene rings is 3. The Hall–Kier alpha value is -3.84. The number of ether oxygens (including phenoxy) is 2. The van der Waals surface area contributed by atoms with Crippen LogP contribution in [0, 0.1) is 0 Å². The third-order valence-electron chi connectivity index (χ3n) is 5.40. The van der Waals surface area contributed by atoms with Crippen LogP contribution in [0.2, 0.25) is 0 Å². The largest absolute Gasteiger partial charge is 0.454 e. The second-order valence-corrected chi connectivity index (χ2v) is 7.75. The van der Waals surface area contributed by atoms with Crippen molar-refractivity contribution in [3.8, 4) is 11.5 Å². The highest BCUT2D eigenvalue weighted by atomic mass is 16.7. The Morgan fingerprint density at radius 3 is 2.48 bits per heavy atom. The highest BCUT2D eigenvalue weighted by Crippen LogP contribution is 2.32. The minimum atomic E-state index is -0.234. The van der Waals surface area contributed by atoms with Gasteiger partial charge in [0.25, 0.3) is 5.91 Å². The molecule has 0 atom stereocenters. The molecule has 0 unspecified atom stereocenters. The summed E-state index contributed by atoms with van der Waals surface area (Å²) in [7, 11) is 0. The maximum Gasteiger partial charge on any atom is 0.253 e. The van der Waals surface area contributed by atoms with Gasteiger partial charge in [0.05, 0.1) is 17.8 Å². The van der Waals surface area contributed by atoms with Crippen LogP contribution < -0.4 is 20.1 Å². The zero-order chi connectivity index (χ0) is 23.0. The number of carbonyl (C=O) groups is 2. The molecule has 0 saturated carbocycles. The van der Waals surface area contributed by atoms with Crippen LogP contribution in [0.3, 0.4) is 0 Å². The molecule has 4 rings (SSSR count). The Kier molecular flexibility index (Phi) is 7.22. The van der Waals surface area contributed by atoms with Gasteiger partial charge >= 0.3 is 0 Å². The van der Waals surface area contributed by atoms with Crippen molar-refractivity contribution >= 4 is 17.5 Å². The molecule has 7 heteroatoms. The SMILES string of the molecule is CCN(CC(=O)Nc1ccccc1C(=O)NCc1ccccc1)Cc1ccc2c(c1)OCO2. The summed E-state index contributed by atoms with van der Waals surface area (Å²) in [5.74, 6) is 1.05. The van der Waals surface area contributed by atoms with Gasteiger partial charge in [0.15, 0.2) is 11.5 Å². The summed E-state index contributed by atoms with van der Waals surface area (Å²) >= 11 is 0. The summed E-state index contributed by atoms with van der Waals surface area (Å²) in [5, 5.41) is 5.81. The first-order valence-corrected chi connectivity index (χ1v) is 10.9. The van der Waals surface area contributed by atoms with E-state index in [-0.39, 0.29) is 25.2 Å². The first-order valence-electron chi connectivity index (χ1n) is 10.9. The van der Waals surface area contributed by atoms with Crippen LogP contribution in [-0.4, -0.2) is 36.6 Å². The molecule has 33 heavy (non-hydrogen) atoms. The minimum Gasteiger partial charge on any atom is -0.454 e. The molecule has 2 amide bonds. The monoisotopic (exact) mass is 445 g/mol. The summed E-state index contributed by atoms with van der Waals surface area (Å²) in [6, 6.07) is 22.5. The number of rotatable bonds is 9. The van der Waals surface area contributed by atoms with Gasteiger partial charge in [-0.25, -0.2) is 0 Å². The average molecular weight is 446 g/mol. The van der Waals surface area contributed by atoms with Crippen molar-refractivity contribution in [2.45, 2.75) is 20.0 Å².